The Morgan fingerprint density at radius 3 is 2.94 bits per heavy atom. The average Bonchev–Trinajstić information content (AvgIpc) is 3.37. The highest BCUT2D eigenvalue weighted by Crippen LogP contribution is 2.32. The lowest BCUT2D eigenvalue weighted by Gasteiger charge is -2.23. The van der Waals surface area contributed by atoms with Gasteiger partial charge >= 0.3 is 0 Å². The largest absolute Gasteiger partial charge is 0.397 e. The third-order valence-electron chi connectivity index (χ3n) is 6.04. The molecule has 1 aliphatic heterocycles. The van der Waals surface area contributed by atoms with Crippen LogP contribution in [0.5, 0.6) is 0 Å². The van der Waals surface area contributed by atoms with Gasteiger partial charge in [0.1, 0.15) is 15.5 Å². The van der Waals surface area contributed by atoms with Crippen LogP contribution < -0.4 is 11.1 Å². The zero-order chi connectivity index (χ0) is 21.4. The standard InChI is InChI=1S/C24H25N5OS/c1-15-2-7-19-21(25)22(31-24(19)28-15)23(30)27-10-8-16-3-5-17(6-4-16)18-9-12-29-13-11-26-20(29)14-18/h2-7,11,13,18H,8-10,12,14,25H2,1H3,(H,27,30). The number of nitrogens with zero attached hydrogens (tertiary/aromatic N) is 3. The van der Waals surface area contributed by atoms with Gasteiger partial charge < -0.3 is 15.6 Å². The first kappa shape index (κ1) is 19.8. The zero-order valence-corrected chi connectivity index (χ0v) is 18.3. The number of carbonyl (C=O) groups excluding carboxylic acids is 1. The van der Waals surface area contributed by atoms with Gasteiger partial charge in [0.25, 0.3) is 5.91 Å². The molecule has 7 heteroatoms. The van der Waals surface area contributed by atoms with Crippen LogP contribution in [-0.2, 0) is 19.4 Å². The van der Waals surface area contributed by atoms with Crippen LogP contribution in [0.2, 0.25) is 0 Å². The molecule has 3 aromatic heterocycles. The van der Waals surface area contributed by atoms with Crippen molar-refractivity contribution in [2.75, 3.05) is 12.3 Å². The molecule has 0 bridgehead atoms. The number of pyridine rings is 1. The Hall–Kier alpha value is -3.19. The number of fused-ring (bicyclic) bond motifs is 2. The summed E-state index contributed by atoms with van der Waals surface area (Å²) in [5.41, 5.74) is 10.2. The van der Waals surface area contributed by atoms with Crippen LogP contribution in [-0.4, -0.2) is 27.0 Å². The number of rotatable bonds is 5. The van der Waals surface area contributed by atoms with Crippen molar-refractivity contribution in [3.63, 3.8) is 0 Å². The molecule has 0 saturated carbocycles. The lowest BCUT2D eigenvalue weighted by Crippen LogP contribution is -2.25. The second-order valence-corrected chi connectivity index (χ2v) is 9.12. The van der Waals surface area contributed by atoms with Crippen molar-refractivity contribution in [1.82, 2.24) is 19.9 Å². The fourth-order valence-electron chi connectivity index (χ4n) is 4.25. The average molecular weight is 432 g/mol. The molecule has 0 aliphatic carbocycles. The van der Waals surface area contributed by atoms with Crippen molar-refractivity contribution in [2.45, 2.75) is 38.6 Å². The molecule has 0 saturated heterocycles. The van der Waals surface area contributed by atoms with Crippen LogP contribution in [0.4, 0.5) is 5.69 Å². The normalized spacial score (nSPS) is 15.7. The molecule has 1 atom stereocenters. The minimum Gasteiger partial charge on any atom is -0.397 e. The highest BCUT2D eigenvalue weighted by molar-refractivity contribution is 7.21. The van der Waals surface area contributed by atoms with Gasteiger partial charge in [0.05, 0.1) is 5.69 Å². The van der Waals surface area contributed by atoms with Crippen molar-refractivity contribution < 1.29 is 4.79 Å². The van der Waals surface area contributed by atoms with E-state index in [1.54, 1.807) is 0 Å². The number of nitrogen functional groups attached to an aromatic ring is 1. The number of nitrogens with two attached hydrogens (primary N) is 1. The van der Waals surface area contributed by atoms with Gasteiger partial charge in [-0.15, -0.1) is 11.3 Å². The van der Waals surface area contributed by atoms with E-state index < -0.39 is 0 Å². The third kappa shape index (κ3) is 3.93. The predicted octanol–water partition coefficient (Wildman–Crippen LogP) is 4.09. The molecule has 4 heterocycles. The zero-order valence-electron chi connectivity index (χ0n) is 17.5. The Morgan fingerprint density at radius 1 is 1.26 bits per heavy atom. The van der Waals surface area contributed by atoms with E-state index in [1.165, 1.54) is 28.3 Å². The molecular weight excluding hydrogens is 406 g/mol. The number of anilines is 1. The minimum atomic E-state index is -0.132. The molecule has 158 valence electrons. The summed E-state index contributed by atoms with van der Waals surface area (Å²) in [5, 5.41) is 3.85. The van der Waals surface area contributed by atoms with Crippen LogP contribution in [0, 0.1) is 6.92 Å². The maximum atomic E-state index is 12.6. The van der Waals surface area contributed by atoms with Crippen LogP contribution >= 0.6 is 11.3 Å². The summed E-state index contributed by atoms with van der Waals surface area (Å²) in [6, 6.07) is 12.6. The van der Waals surface area contributed by atoms with E-state index in [9.17, 15) is 4.79 Å². The molecule has 4 aromatic rings. The van der Waals surface area contributed by atoms with E-state index in [-0.39, 0.29) is 5.91 Å². The van der Waals surface area contributed by atoms with Gasteiger partial charge in [-0.2, -0.15) is 0 Å². The molecule has 0 fully saturated rings. The van der Waals surface area contributed by atoms with Crippen LogP contribution in [0.1, 0.15) is 44.7 Å². The van der Waals surface area contributed by atoms with Crippen LogP contribution in [0.15, 0.2) is 48.8 Å². The van der Waals surface area contributed by atoms with Crippen molar-refractivity contribution in [3.05, 3.63) is 76.3 Å². The second kappa shape index (κ2) is 8.15. The first-order valence-electron chi connectivity index (χ1n) is 10.6. The summed E-state index contributed by atoms with van der Waals surface area (Å²) in [6.07, 6.45) is 6.87. The quantitative estimate of drug-likeness (QED) is 0.498. The second-order valence-electron chi connectivity index (χ2n) is 8.12. The SMILES string of the molecule is Cc1ccc2c(N)c(C(=O)NCCc3ccc(C4CCn5ccnc5C4)cc3)sc2n1. The fraction of sp³-hybridized carbons (Fsp3) is 0.292. The maximum absolute atomic E-state index is 12.6. The number of aryl methyl sites for hydroxylation is 2. The van der Waals surface area contributed by atoms with Gasteiger partial charge in [-0.05, 0) is 48.9 Å². The number of thiophene rings is 1. The fourth-order valence-corrected chi connectivity index (χ4v) is 5.31. The number of nitrogens with one attached hydrogen (secondary N) is 1. The van der Waals surface area contributed by atoms with Crippen molar-refractivity contribution in [2.24, 2.45) is 0 Å². The molecular formula is C24H25N5OS. The van der Waals surface area contributed by atoms with Crippen molar-refractivity contribution >= 4 is 33.1 Å². The van der Waals surface area contributed by atoms with Gasteiger partial charge in [-0.25, -0.2) is 9.97 Å². The number of amides is 1. The summed E-state index contributed by atoms with van der Waals surface area (Å²) < 4.78 is 2.24. The van der Waals surface area contributed by atoms with Crippen molar-refractivity contribution in [1.29, 1.82) is 0 Å². The molecule has 6 nitrogen and oxygen atoms in total. The predicted molar refractivity (Wildman–Crippen MR) is 125 cm³/mol. The number of hydrogen-bond acceptors (Lipinski definition) is 5. The number of aromatic nitrogens is 3. The molecule has 1 amide bonds. The van der Waals surface area contributed by atoms with Gasteiger partial charge in [0.2, 0.25) is 0 Å². The molecule has 0 spiro atoms. The smallest absolute Gasteiger partial charge is 0.263 e. The summed E-state index contributed by atoms with van der Waals surface area (Å²) >= 11 is 1.35. The third-order valence-corrected chi connectivity index (χ3v) is 7.15. The summed E-state index contributed by atoms with van der Waals surface area (Å²) in [5.74, 6) is 1.57. The lowest BCUT2D eigenvalue weighted by molar-refractivity contribution is 0.0959. The minimum absolute atomic E-state index is 0.132. The van der Waals surface area contributed by atoms with Crippen LogP contribution in [0.3, 0.4) is 0 Å². The summed E-state index contributed by atoms with van der Waals surface area (Å²) in [4.78, 5) is 22.9. The highest BCUT2D eigenvalue weighted by atomic mass is 32.1. The Kier molecular flexibility index (Phi) is 5.19. The van der Waals surface area contributed by atoms with Gasteiger partial charge in [0.15, 0.2) is 0 Å². The van der Waals surface area contributed by atoms with Crippen LogP contribution in [0.25, 0.3) is 10.2 Å². The Labute approximate surface area is 185 Å². The molecule has 31 heavy (non-hydrogen) atoms. The van der Waals surface area contributed by atoms with E-state index in [0.717, 1.165) is 41.7 Å². The van der Waals surface area contributed by atoms with E-state index >= 15 is 0 Å². The Morgan fingerprint density at radius 2 is 2.10 bits per heavy atom. The molecule has 3 N–H and O–H groups in total. The van der Waals surface area contributed by atoms with E-state index in [2.05, 4.69) is 50.3 Å². The van der Waals surface area contributed by atoms with Gasteiger partial charge in [0, 0.05) is 43.0 Å². The lowest BCUT2D eigenvalue weighted by atomic mass is 9.89. The highest BCUT2D eigenvalue weighted by Gasteiger charge is 2.20. The summed E-state index contributed by atoms with van der Waals surface area (Å²) in [6.45, 7) is 3.53. The molecule has 1 aromatic carbocycles. The molecule has 1 aliphatic rings. The first-order valence-corrected chi connectivity index (χ1v) is 11.4. The molecule has 5 rings (SSSR count). The van der Waals surface area contributed by atoms with E-state index in [4.69, 9.17) is 5.73 Å². The number of carbonyl (C=O) groups is 1. The topological polar surface area (TPSA) is 85.8 Å². The monoisotopic (exact) mass is 431 g/mol. The number of hydrogen-bond donors (Lipinski definition) is 2. The Bertz CT molecular complexity index is 1240. The number of benzene rings is 1. The van der Waals surface area contributed by atoms with E-state index in [1.807, 2.05) is 25.3 Å². The van der Waals surface area contributed by atoms with Gasteiger partial charge in [-0.1, -0.05) is 24.3 Å². The van der Waals surface area contributed by atoms with E-state index in [0.29, 0.717) is 23.0 Å². The summed E-state index contributed by atoms with van der Waals surface area (Å²) in [7, 11) is 0. The maximum Gasteiger partial charge on any atom is 0.263 e. The van der Waals surface area contributed by atoms with Gasteiger partial charge in [-0.3, -0.25) is 4.79 Å². The first-order chi connectivity index (χ1) is 15.1. The number of imidazole rings is 1. The molecule has 0 radical (unpaired) electrons. The molecule has 1 unspecified atom stereocenters. The van der Waals surface area contributed by atoms with Crippen molar-refractivity contribution in [3.8, 4) is 0 Å². The Balaban J connectivity index is 1.18.